The Hall–Kier alpha value is -0.910. The van der Waals surface area contributed by atoms with Crippen LogP contribution in [0.25, 0.3) is 0 Å². The Bertz CT molecular complexity index is 537. The number of rotatable bonds is 9. The number of nitrogens with zero attached hydrogens (tertiary/aromatic N) is 1. The van der Waals surface area contributed by atoms with E-state index in [0.29, 0.717) is 24.5 Å². The second kappa shape index (κ2) is 8.51. The third kappa shape index (κ3) is 4.53. The lowest BCUT2D eigenvalue weighted by molar-refractivity contribution is 0.444. The topological polar surface area (TPSA) is 49.4 Å². The third-order valence-electron chi connectivity index (χ3n) is 3.59. The van der Waals surface area contributed by atoms with Crippen molar-refractivity contribution in [2.24, 2.45) is 0 Å². The minimum Gasteiger partial charge on any atom is -0.313 e. The van der Waals surface area contributed by atoms with Crippen molar-refractivity contribution >= 4 is 10.0 Å². The normalized spacial score (nSPS) is 12.0. The molecular formula is C16H28N2O2S. The summed E-state index contributed by atoms with van der Waals surface area (Å²) >= 11 is 0. The van der Waals surface area contributed by atoms with Gasteiger partial charge in [-0.1, -0.05) is 39.8 Å². The zero-order valence-electron chi connectivity index (χ0n) is 13.6. The van der Waals surface area contributed by atoms with Gasteiger partial charge in [-0.25, -0.2) is 8.42 Å². The maximum absolute atomic E-state index is 12.8. The molecule has 0 spiro atoms. The van der Waals surface area contributed by atoms with Crippen LogP contribution in [-0.2, 0) is 23.0 Å². The van der Waals surface area contributed by atoms with Gasteiger partial charge in [-0.15, -0.1) is 0 Å². The van der Waals surface area contributed by atoms with E-state index in [0.717, 1.165) is 30.5 Å². The fourth-order valence-electron chi connectivity index (χ4n) is 2.35. The Morgan fingerprint density at radius 2 is 1.76 bits per heavy atom. The molecule has 0 amide bonds. The fourth-order valence-corrected chi connectivity index (χ4v) is 4.16. The maximum atomic E-state index is 12.8. The molecule has 0 fully saturated rings. The van der Waals surface area contributed by atoms with E-state index >= 15 is 0 Å². The van der Waals surface area contributed by atoms with Gasteiger partial charge < -0.3 is 5.32 Å². The summed E-state index contributed by atoms with van der Waals surface area (Å²) in [6.45, 7) is 10.5. The van der Waals surface area contributed by atoms with E-state index in [9.17, 15) is 8.42 Å². The summed E-state index contributed by atoms with van der Waals surface area (Å²) in [6, 6.07) is 5.79. The smallest absolute Gasteiger partial charge is 0.243 e. The van der Waals surface area contributed by atoms with E-state index in [1.165, 1.54) is 4.31 Å². The van der Waals surface area contributed by atoms with E-state index in [1.807, 2.05) is 39.0 Å². The summed E-state index contributed by atoms with van der Waals surface area (Å²) in [5.41, 5.74) is 1.91. The van der Waals surface area contributed by atoms with Crippen LogP contribution in [0, 0.1) is 0 Å². The van der Waals surface area contributed by atoms with Crippen molar-refractivity contribution in [1.29, 1.82) is 0 Å². The Morgan fingerprint density at radius 3 is 2.29 bits per heavy atom. The first-order valence-electron chi connectivity index (χ1n) is 7.83. The maximum Gasteiger partial charge on any atom is 0.243 e. The minimum absolute atomic E-state index is 0.462. The van der Waals surface area contributed by atoms with Gasteiger partial charge in [0.1, 0.15) is 0 Å². The molecule has 1 N–H and O–H groups in total. The van der Waals surface area contributed by atoms with E-state index < -0.39 is 10.0 Å². The zero-order valence-corrected chi connectivity index (χ0v) is 14.5. The van der Waals surface area contributed by atoms with Gasteiger partial charge in [-0.2, -0.15) is 4.31 Å². The quantitative estimate of drug-likeness (QED) is 0.713. The standard InChI is InChI=1S/C16H28N2O2S/c1-5-11-17-13-14-9-10-15(6-2)16(12-14)21(19,20)18(7-3)8-4/h9-10,12,17H,5-8,11,13H2,1-4H3. The van der Waals surface area contributed by atoms with Gasteiger partial charge >= 0.3 is 0 Å². The summed E-state index contributed by atoms with van der Waals surface area (Å²) in [5.74, 6) is 0. The largest absolute Gasteiger partial charge is 0.313 e. The SMILES string of the molecule is CCCNCc1ccc(CC)c(S(=O)(=O)N(CC)CC)c1. The second-order valence-corrected chi connectivity index (χ2v) is 6.97. The zero-order chi connectivity index (χ0) is 15.9. The summed E-state index contributed by atoms with van der Waals surface area (Å²) in [4.78, 5) is 0.462. The molecule has 0 aliphatic carbocycles. The second-order valence-electron chi connectivity index (χ2n) is 5.06. The van der Waals surface area contributed by atoms with Crippen LogP contribution in [0.3, 0.4) is 0 Å². The van der Waals surface area contributed by atoms with E-state index in [-0.39, 0.29) is 0 Å². The monoisotopic (exact) mass is 312 g/mol. The van der Waals surface area contributed by atoms with Gasteiger partial charge in [-0.05, 0) is 36.6 Å². The van der Waals surface area contributed by atoms with E-state index in [2.05, 4.69) is 12.2 Å². The first kappa shape index (κ1) is 18.1. The minimum atomic E-state index is -3.39. The van der Waals surface area contributed by atoms with Crippen LogP contribution < -0.4 is 5.32 Å². The number of hydrogen-bond acceptors (Lipinski definition) is 3. The van der Waals surface area contributed by atoms with Gasteiger partial charge in [0.05, 0.1) is 4.90 Å². The van der Waals surface area contributed by atoms with Crippen LogP contribution >= 0.6 is 0 Å². The summed E-state index contributed by atoms with van der Waals surface area (Å²) in [6.07, 6.45) is 1.79. The number of benzene rings is 1. The van der Waals surface area contributed by atoms with Gasteiger partial charge in [0.15, 0.2) is 0 Å². The average Bonchev–Trinajstić information content (AvgIpc) is 2.48. The number of aryl methyl sites for hydroxylation is 1. The van der Waals surface area contributed by atoms with Crippen LogP contribution in [0.5, 0.6) is 0 Å². The molecule has 1 aromatic rings. The molecule has 1 rings (SSSR count). The lowest BCUT2D eigenvalue weighted by Crippen LogP contribution is -2.31. The number of sulfonamides is 1. The van der Waals surface area contributed by atoms with Crippen molar-refractivity contribution in [3.63, 3.8) is 0 Å². The Kier molecular flexibility index (Phi) is 7.35. The van der Waals surface area contributed by atoms with Crippen LogP contribution in [0.15, 0.2) is 23.1 Å². The highest BCUT2D eigenvalue weighted by molar-refractivity contribution is 7.89. The van der Waals surface area contributed by atoms with Crippen LogP contribution in [-0.4, -0.2) is 32.4 Å². The van der Waals surface area contributed by atoms with Crippen molar-refractivity contribution in [2.75, 3.05) is 19.6 Å². The molecule has 21 heavy (non-hydrogen) atoms. The molecule has 0 radical (unpaired) electrons. The average molecular weight is 312 g/mol. The highest BCUT2D eigenvalue weighted by Gasteiger charge is 2.24. The molecule has 0 unspecified atom stereocenters. The highest BCUT2D eigenvalue weighted by atomic mass is 32.2. The first-order chi connectivity index (χ1) is 10.0. The van der Waals surface area contributed by atoms with Crippen LogP contribution in [0.2, 0.25) is 0 Å². The van der Waals surface area contributed by atoms with Crippen molar-refractivity contribution in [1.82, 2.24) is 9.62 Å². The van der Waals surface area contributed by atoms with Crippen LogP contribution in [0.1, 0.15) is 45.2 Å². The molecule has 4 nitrogen and oxygen atoms in total. The van der Waals surface area contributed by atoms with Gasteiger partial charge in [0.25, 0.3) is 0 Å². The number of nitrogens with one attached hydrogen (secondary N) is 1. The molecule has 1 aromatic carbocycles. The Balaban J connectivity index is 3.16. The van der Waals surface area contributed by atoms with Gasteiger partial charge in [0, 0.05) is 19.6 Å². The molecule has 5 heteroatoms. The molecule has 0 heterocycles. The molecule has 120 valence electrons. The Morgan fingerprint density at radius 1 is 1.10 bits per heavy atom. The first-order valence-corrected chi connectivity index (χ1v) is 9.27. The molecule has 0 saturated carbocycles. The van der Waals surface area contributed by atoms with Crippen molar-refractivity contribution in [3.8, 4) is 0 Å². The van der Waals surface area contributed by atoms with E-state index in [1.54, 1.807) is 0 Å². The van der Waals surface area contributed by atoms with Gasteiger partial charge in [-0.3, -0.25) is 0 Å². The lowest BCUT2D eigenvalue weighted by atomic mass is 10.1. The number of hydrogen-bond donors (Lipinski definition) is 1. The molecule has 0 bridgehead atoms. The highest BCUT2D eigenvalue weighted by Crippen LogP contribution is 2.22. The van der Waals surface area contributed by atoms with Crippen molar-refractivity contribution in [2.45, 2.75) is 52.0 Å². The predicted molar refractivity (Wildman–Crippen MR) is 87.9 cm³/mol. The van der Waals surface area contributed by atoms with Crippen LogP contribution in [0.4, 0.5) is 0 Å². The molecule has 0 atom stereocenters. The van der Waals surface area contributed by atoms with E-state index in [4.69, 9.17) is 0 Å². The van der Waals surface area contributed by atoms with Crippen molar-refractivity contribution < 1.29 is 8.42 Å². The Labute approximate surface area is 129 Å². The summed E-state index contributed by atoms with van der Waals surface area (Å²) in [7, 11) is -3.39. The molecular weight excluding hydrogens is 284 g/mol. The molecule has 0 aliphatic heterocycles. The fraction of sp³-hybridized carbons (Fsp3) is 0.625. The van der Waals surface area contributed by atoms with Crippen molar-refractivity contribution in [3.05, 3.63) is 29.3 Å². The molecule has 0 aromatic heterocycles. The summed E-state index contributed by atoms with van der Waals surface area (Å²) in [5, 5.41) is 3.32. The molecule has 0 saturated heterocycles. The summed E-state index contributed by atoms with van der Waals surface area (Å²) < 4.78 is 27.0. The molecule has 0 aliphatic rings. The predicted octanol–water partition coefficient (Wildman–Crippen LogP) is 2.78. The lowest BCUT2D eigenvalue weighted by Gasteiger charge is -2.21. The van der Waals surface area contributed by atoms with Gasteiger partial charge in [0.2, 0.25) is 10.0 Å². The third-order valence-corrected chi connectivity index (χ3v) is 5.72.